The van der Waals surface area contributed by atoms with Crippen molar-refractivity contribution in [3.8, 4) is 11.1 Å². The van der Waals surface area contributed by atoms with Crippen molar-refractivity contribution in [2.75, 3.05) is 0 Å². The van der Waals surface area contributed by atoms with Crippen LogP contribution < -0.4 is 6.15 Å². The molecule has 74 valence electrons. The fourth-order valence-corrected chi connectivity index (χ4v) is 1.39. The third-order valence-electron chi connectivity index (χ3n) is 2.06. The number of rotatable bonds is 1. The molecular weight excluding hydrogens is 174 g/mol. The third kappa shape index (κ3) is 2.00. The number of nitrogens with zero attached hydrogens (tertiary/aromatic N) is 2. The van der Waals surface area contributed by atoms with Crippen LogP contribution in [0.15, 0.2) is 36.7 Å². The van der Waals surface area contributed by atoms with E-state index in [0.717, 1.165) is 0 Å². The molecule has 0 saturated heterocycles. The van der Waals surface area contributed by atoms with Gasteiger partial charge in [0.2, 0.25) is 0 Å². The first kappa shape index (κ1) is 10.5. The Labute approximate surface area is 84.0 Å². The topological polar surface area (TPSA) is 52.8 Å². The maximum atomic E-state index is 4.14. The third-order valence-corrected chi connectivity index (χ3v) is 2.06. The fraction of sp³-hybridized carbons (Fsp3) is 0.182. The molecule has 3 heteroatoms. The minimum Gasteiger partial charge on any atom is -0.344 e. The molecule has 3 nitrogen and oxygen atoms in total. The number of benzene rings is 1. The highest BCUT2D eigenvalue weighted by molar-refractivity contribution is 5.62. The summed E-state index contributed by atoms with van der Waals surface area (Å²) in [6, 6.07) is 8.43. The monoisotopic (exact) mass is 189 g/mol. The number of aromatic nitrogens is 2. The molecule has 3 N–H and O–H groups in total. The van der Waals surface area contributed by atoms with Crippen LogP contribution in [0.3, 0.4) is 0 Å². The van der Waals surface area contributed by atoms with Crippen LogP contribution >= 0.6 is 0 Å². The molecule has 0 spiro atoms. The molecule has 2 aromatic rings. The van der Waals surface area contributed by atoms with Gasteiger partial charge in [-0.05, 0) is 12.5 Å². The molecule has 0 aliphatic rings. The molecule has 0 unspecified atom stereocenters. The second-order valence-electron chi connectivity index (χ2n) is 3.27. The van der Waals surface area contributed by atoms with Gasteiger partial charge in [0, 0.05) is 18.8 Å². The minimum absolute atomic E-state index is 0. The zero-order chi connectivity index (χ0) is 9.26. The molecule has 1 aromatic heterocycles. The van der Waals surface area contributed by atoms with E-state index in [4.69, 9.17) is 0 Å². The predicted octanol–water partition coefficient (Wildman–Crippen LogP) is 2.56. The van der Waals surface area contributed by atoms with Crippen LogP contribution in [0, 0.1) is 6.92 Å². The molecule has 0 aliphatic carbocycles. The summed E-state index contributed by atoms with van der Waals surface area (Å²) in [5, 5.41) is 4.14. The van der Waals surface area contributed by atoms with Crippen molar-refractivity contribution in [3.63, 3.8) is 0 Å². The molecular formula is C11H15N3. The molecule has 2 rings (SSSR count). The summed E-state index contributed by atoms with van der Waals surface area (Å²) < 4.78 is 1.82. The number of hydrogen-bond acceptors (Lipinski definition) is 2. The summed E-state index contributed by atoms with van der Waals surface area (Å²) in [4.78, 5) is 0. The van der Waals surface area contributed by atoms with E-state index in [0.29, 0.717) is 0 Å². The molecule has 0 aliphatic heterocycles. The first-order chi connectivity index (χ1) is 6.25. The Hall–Kier alpha value is -1.61. The molecule has 1 aromatic carbocycles. The van der Waals surface area contributed by atoms with E-state index in [1.54, 1.807) is 0 Å². The summed E-state index contributed by atoms with van der Waals surface area (Å²) >= 11 is 0. The van der Waals surface area contributed by atoms with Crippen LogP contribution in [0.1, 0.15) is 5.56 Å². The van der Waals surface area contributed by atoms with Gasteiger partial charge in [-0.25, -0.2) is 0 Å². The molecule has 1 heterocycles. The lowest BCUT2D eigenvalue weighted by Gasteiger charge is -1.97. The lowest BCUT2D eigenvalue weighted by Crippen LogP contribution is -1.84. The van der Waals surface area contributed by atoms with Gasteiger partial charge >= 0.3 is 0 Å². The van der Waals surface area contributed by atoms with Crippen molar-refractivity contribution in [2.24, 2.45) is 7.05 Å². The Bertz CT molecular complexity index is 418. The van der Waals surface area contributed by atoms with Crippen LogP contribution in [-0.4, -0.2) is 9.78 Å². The van der Waals surface area contributed by atoms with Crippen molar-refractivity contribution in [1.29, 1.82) is 0 Å². The summed E-state index contributed by atoms with van der Waals surface area (Å²) in [7, 11) is 1.93. The smallest absolute Gasteiger partial charge is 0.0568 e. The van der Waals surface area contributed by atoms with Gasteiger partial charge in [-0.3, -0.25) is 4.68 Å². The highest BCUT2D eigenvalue weighted by atomic mass is 15.2. The van der Waals surface area contributed by atoms with E-state index in [-0.39, 0.29) is 6.15 Å². The van der Waals surface area contributed by atoms with Crippen molar-refractivity contribution >= 4 is 0 Å². The SMILES string of the molecule is Cc1cccc(-c2cnn(C)c2)c1.N. The van der Waals surface area contributed by atoms with Gasteiger partial charge in [-0.15, -0.1) is 0 Å². The molecule has 0 saturated carbocycles. The quantitative estimate of drug-likeness (QED) is 0.749. The van der Waals surface area contributed by atoms with Crippen LogP contribution in [0.2, 0.25) is 0 Å². The Kier molecular flexibility index (Phi) is 3.04. The van der Waals surface area contributed by atoms with Gasteiger partial charge in [0.15, 0.2) is 0 Å². The summed E-state index contributed by atoms with van der Waals surface area (Å²) in [5.74, 6) is 0. The van der Waals surface area contributed by atoms with Gasteiger partial charge in [-0.2, -0.15) is 5.10 Å². The van der Waals surface area contributed by atoms with Crippen molar-refractivity contribution in [1.82, 2.24) is 15.9 Å². The number of aryl methyl sites for hydroxylation is 2. The fourth-order valence-electron chi connectivity index (χ4n) is 1.39. The Balaban J connectivity index is 0.000000980. The van der Waals surface area contributed by atoms with Gasteiger partial charge in [0.25, 0.3) is 0 Å². The molecule has 0 bridgehead atoms. The van der Waals surface area contributed by atoms with Gasteiger partial charge in [-0.1, -0.05) is 29.8 Å². The first-order valence-electron chi connectivity index (χ1n) is 4.31. The van der Waals surface area contributed by atoms with Gasteiger partial charge in [0.1, 0.15) is 0 Å². The Morgan fingerprint density at radius 3 is 2.57 bits per heavy atom. The molecule has 0 amide bonds. The maximum absolute atomic E-state index is 4.14. The zero-order valence-electron chi connectivity index (χ0n) is 8.57. The van der Waals surface area contributed by atoms with Crippen molar-refractivity contribution in [3.05, 3.63) is 42.2 Å². The van der Waals surface area contributed by atoms with E-state index in [1.165, 1.54) is 16.7 Å². The zero-order valence-corrected chi connectivity index (χ0v) is 8.57. The largest absolute Gasteiger partial charge is 0.344 e. The van der Waals surface area contributed by atoms with Crippen LogP contribution in [0.5, 0.6) is 0 Å². The standard InChI is InChI=1S/C11H12N2.H3N/c1-9-4-3-5-10(6-9)11-7-12-13(2)8-11;/h3-8H,1-2H3;1H3. The lowest BCUT2D eigenvalue weighted by molar-refractivity contribution is 0.768. The van der Waals surface area contributed by atoms with E-state index in [9.17, 15) is 0 Å². The minimum atomic E-state index is 0. The van der Waals surface area contributed by atoms with E-state index in [2.05, 4.69) is 36.3 Å². The average molecular weight is 189 g/mol. The van der Waals surface area contributed by atoms with Gasteiger partial charge in [0.05, 0.1) is 6.20 Å². The Morgan fingerprint density at radius 1 is 1.21 bits per heavy atom. The first-order valence-corrected chi connectivity index (χ1v) is 4.31. The highest BCUT2D eigenvalue weighted by Crippen LogP contribution is 2.18. The van der Waals surface area contributed by atoms with Gasteiger partial charge < -0.3 is 6.15 Å². The molecule has 14 heavy (non-hydrogen) atoms. The van der Waals surface area contributed by atoms with E-state index >= 15 is 0 Å². The lowest BCUT2D eigenvalue weighted by atomic mass is 10.1. The molecule has 0 fully saturated rings. The maximum Gasteiger partial charge on any atom is 0.0568 e. The summed E-state index contributed by atoms with van der Waals surface area (Å²) in [6.07, 6.45) is 3.91. The predicted molar refractivity (Wildman–Crippen MR) is 58.4 cm³/mol. The Morgan fingerprint density at radius 2 is 2.00 bits per heavy atom. The van der Waals surface area contributed by atoms with Crippen LogP contribution in [-0.2, 0) is 7.05 Å². The molecule has 0 radical (unpaired) electrons. The second kappa shape index (κ2) is 4.07. The highest BCUT2D eigenvalue weighted by Gasteiger charge is 1.98. The summed E-state index contributed by atoms with van der Waals surface area (Å²) in [6.45, 7) is 2.10. The van der Waals surface area contributed by atoms with Crippen LogP contribution in [0.25, 0.3) is 11.1 Å². The van der Waals surface area contributed by atoms with E-state index < -0.39 is 0 Å². The molecule has 0 atom stereocenters. The van der Waals surface area contributed by atoms with Crippen LogP contribution in [0.4, 0.5) is 0 Å². The summed E-state index contributed by atoms with van der Waals surface area (Å²) in [5.41, 5.74) is 3.68. The van der Waals surface area contributed by atoms with Crippen molar-refractivity contribution in [2.45, 2.75) is 6.92 Å². The van der Waals surface area contributed by atoms with E-state index in [1.807, 2.05) is 24.1 Å². The second-order valence-corrected chi connectivity index (χ2v) is 3.27. The number of hydrogen-bond donors (Lipinski definition) is 1. The average Bonchev–Trinajstić information content (AvgIpc) is 2.52. The van der Waals surface area contributed by atoms with Crippen molar-refractivity contribution < 1.29 is 0 Å². The normalized spacial score (nSPS) is 9.57.